The van der Waals surface area contributed by atoms with E-state index in [1.807, 2.05) is 36.4 Å². The van der Waals surface area contributed by atoms with E-state index in [-0.39, 0.29) is 0 Å². The molecule has 77 heavy (non-hydrogen) atoms. The highest BCUT2D eigenvalue weighted by atomic mass is 28.3. The van der Waals surface area contributed by atoms with Crippen LogP contribution in [0.25, 0.3) is 21.8 Å². The number of H-pyrrole nitrogens is 1. The summed E-state index contributed by atoms with van der Waals surface area (Å²) in [5.41, 5.74) is 14.5. The Bertz CT molecular complexity index is 2570. The maximum atomic E-state index is 6.54. The molecule has 5 nitrogen and oxygen atoms in total. The van der Waals surface area contributed by atoms with Crippen LogP contribution in [0.4, 0.5) is 0 Å². The topological polar surface area (TPSA) is 52.7 Å². The van der Waals surface area contributed by atoms with Gasteiger partial charge in [-0.25, -0.2) is 0 Å². The Morgan fingerprint density at radius 1 is 0.351 bits per heavy atom. The van der Waals surface area contributed by atoms with Crippen LogP contribution in [0.3, 0.4) is 0 Å². The number of aromatic nitrogens is 1. The van der Waals surface area contributed by atoms with Gasteiger partial charge in [0, 0.05) is 33.0 Å². The average Bonchev–Trinajstić information content (AvgIpc) is 3.81. The number of hydrogen-bond acceptors (Lipinski definition) is 4. The van der Waals surface area contributed by atoms with Gasteiger partial charge >= 0.3 is 0 Å². The van der Waals surface area contributed by atoms with Gasteiger partial charge in [0.05, 0.1) is 37.5 Å². The Hall–Kier alpha value is -5.45. The number of aromatic amines is 1. The lowest BCUT2D eigenvalue weighted by atomic mass is 10.0. The Morgan fingerprint density at radius 2 is 0.636 bits per heavy atom. The second kappa shape index (κ2) is 34.4. The van der Waals surface area contributed by atoms with Gasteiger partial charge in [-0.2, -0.15) is 0 Å². The summed E-state index contributed by atoms with van der Waals surface area (Å²) in [4.78, 5) is 3.85. The number of rotatable bonds is 32. The number of unbranched alkanes of at least 4 members (excludes halogenated alkanes) is 20. The Balaban J connectivity index is 1.63. The normalized spacial score (nSPS) is 11.2. The highest BCUT2D eigenvalue weighted by Crippen LogP contribution is 2.34. The molecule has 0 amide bonds. The van der Waals surface area contributed by atoms with Crippen molar-refractivity contribution >= 4 is 38.0 Å². The summed E-state index contributed by atoms with van der Waals surface area (Å²) < 4.78 is 26.2. The summed E-state index contributed by atoms with van der Waals surface area (Å²) >= 11 is 0. The van der Waals surface area contributed by atoms with Gasteiger partial charge in [-0.1, -0.05) is 243 Å². The number of benzene rings is 4. The molecule has 0 bridgehead atoms. The number of ether oxygens (including phenoxy) is 4. The largest absolute Gasteiger partial charge is 0.492 e. The molecule has 0 aliphatic rings. The van der Waals surface area contributed by atoms with E-state index in [1.54, 1.807) is 0 Å². The summed E-state index contributed by atoms with van der Waals surface area (Å²) in [7, 11) is -3.53. The predicted octanol–water partition coefficient (Wildman–Crippen LogP) is 19.5. The predicted molar refractivity (Wildman–Crippen MR) is 337 cm³/mol. The third-order valence-electron chi connectivity index (χ3n) is 13.6. The van der Waals surface area contributed by atoms with E-state index in [9.17, 15) is 0 Å². The quantitative estimate of drug-likeness (QED) is 0.0265. The van der Waals surface area contributed by atoms with Crippen LogP contribution >= 0.6 is 0 Å². The first-order valence-electron chi connectivity index (χ1n) is 30.3. The summed E-state index contributed by atoms with van der Waals surface area (Å²) in [6.07, 6.45) is 28.9. The SMILES string of the molecule is CCCCCCCCOc1cccc(OCCCCCCCC)c1C#Cc1cc(C#C[Si](C)(C)C)c2[nH]c3c(C#C[Si](C)(C)C)cc(C#Cc4c(OCCCCCCCC)cccc4OCCCCCCCC)cc3c2c1. The first-order chi connectivity index (χ1) is 37.3. The zero-order valence-corrected chi connectivity index (χ0v) is 51.7. The van der Waals surface area contributed by atoms with Crippen molar-refractivity contribution in [3.8, 4) is 69.6 Å². The smallest absolute Gasteiger partial charge is 0.138 e. The van der Waals surface area contributed by atoms with Gasteiger partial charge in [-0.15, -0.1) is 11.1 Å². The molecule has 0 fully saturated rings. The van der Waals surface area contributed by atoms with E-state index in [2.05, 4.69) is 143 Å². The molecule has 5 aromatic rings. The molecule has 1 N–H and O–H groups in total. The van der Waals surface area contributed by atoms with E-state index in [0.717, 1.165) is 130 Å². The van der Waals surface area contributed by atoms with Crippen LogP contribution in [-0.4, -0.2) is 47.6 Å². The Kier molecular flexibility index (Phi) is 27.9. The maximum Gasteiger partial charge on any atom is 0.138 e. The van der Waals surface area contributed by atoms with Crippen LogP contribution in [0, 0.1) is 46.6 Å². The first kappa shape index (κ1) is 62.4. The molecule has 4 aromatic carbocycles. The Morgan fingerprint density at radius 3 is 0.922 bits per heavy atom. The van der Waals surface area contributed by atoms with Crippen molar-refractivity contribution in [1.82, 2.24) is 4.98 Å². The first-order valence-corrected chi connectivity index (χ1v) is 37.3. The standard InChI is InChI=1S/C70H97NO4Si2/c1-11-15-19-23-27-31-47-72-65-37-35-38-66(73-48-32-28-24-20-16-12-2)61(65)43-41-57-53-59(45-51-76(5,6)7)69-63(55-57)64-56-58(54-60(70(64)71-69)46-52-77(8,9)10)42-44-62-67(74-49-33-29-25-21-17-13-3)39-36-40-68(62)75-50-34-30-26-22-18-14-4/h35-40,53-56,71H,11-34,47-50H2,1-10H3. The summed E-state index contributed by atoms with van der Waals surface area (Å²) in [5, 5.41) is 2.09. The fraction of sp³-hybridized carbons (Fsp3) is 0.543. The monoisotopic (exact) mass is 1070 g/mol. The van der Waals surface area contributed by atoms with Crippen LogP contribution < -0.4 is 18.9 Å². The molecule has 7 heteroatoms. The van der Waals surface area contributed by atoms with Crippen LogP contribution in [0.1, 0.15) is 215 Å². The van der Waals surface area contributed by atoms with Crippen molar-refractivity contribution in [1.29, 1.82) is 0 Å². The Labute approximate surface area is 470 Å². The molecule has 0 radical (unpaired) electrons. The van der Waals surface area contributed by atoms with Crippen LogP contribution in [0.2, 0.25) is 39.3 Å². The fourth-order valence-electron chi connectivity index (χ4n) is 9.23. The summed E-state index contributed by atoms with van der Waals surface area (Å²) in [6, 6.07) is 21.0. The van der Waals surface area contributed by atoms with Crippen molar-refractivity contribution in [2.45, 2.75) is 221 Å². The average molecular weight is 1070 g/mol. The van der Waals surface area contributed by atoms with Crippen molar-refractivity contribution in [3.63, 3.8) is 0 Å². The van der Waals surface area contributed by atoms with Crippen molar-refractivity contribution in [3.05, 3.63) is 94.0 Å². The van der Waals surface area contributed by atoms with Crippen molar-refractivity contribution in [2.24, 2.45) is 0 Å². The summed E-state index contributed by atoms with van der Waals surface area (Å²) in [5.74, 6) is 24.8. The highest BCUT2D eigenvalue weighted by Gasteiger charge is 2.17. The van der Waals surface area contributed by atoms with Crippen LogP contribution in [-0.2, 0) is 0 Å². The second-order valence-electron chi connectivity index (χ2n) is 23.2. The van der Waals surface area contributed by atoms with Gasteiger partial charge < -0.3 is 23.9 Å². The fourth-order valence-corrected chi connectivity index (χ4v) is 10.3. The minimum atomic E-state index is -1.76. The van der Waals surface area contributed by atoms with Crippen molar-refractivity contribution < 1.29 is 18.9 Å². The number of nitrogens with one attached hydrogen (secondary N) is 1. The third-order valence-corrected chi connectivity index (χ3v) is 15.4. The molecule has 1 heterocycles. The highest BCUT2D eigenvalue weighted by molar-refractivity contribution is 6.84. The van der Waals surface area contributed by atoms with Gasteiger partial charge in [-0.05, 0) is 74.2 Å². The molecule has 0 saturated heterocycles. The van der Waals surface area contributed by atoms with Gasteiger partial charge in [0.1, 0.15) is 50.3 Å². The second-order valence-corrected chi connectivity index (χ2v) is 32.7. The summed E-state index contributed by atoms with van der Waals surface area (Å²) in [6.45, 7) is 25.4. The molecular formula is C70H97NO4Si2. The van der Waals surface area contributed by atoms with Gasteiger partial charge in [0.2, 0.25) is 0 Å². The molecule has 1 aromatic heterocycles. The molecule has 0 spiro atoms. The van der Waals surface area contributed by atoms with Crippen molar-refractivity contribution in [2.75, 3.05) is 26.4 Å². The van der Waals surface area contributed by atoms with Crippen LogP contribution in [0.5, 0.6) is 23.0 Å². The molecular weight excluding hydrogens is 975 g/mol. The van der Waals surface area contributed by atoms with Gasteiger partial charge in [0.15, 0.2) is 0 Å². The lowest BCUT2D eigenvalue weighted by Crippen LogP contribution is -2.16. The minimum Gasteiger partial charge on any atom is -0.492 e. The zero-order valence-electron chi connectivity index (χ0n) is 49.7. The molecule has 5 rings (SSSR count). The van der Waals surface area contributed by atoms with Gasteiger partial charge in [-0.3, -0.25) is 0 Å². The van der Waals surface area contributed by atoms with E-state index in [1.165, 1.54) is 103 Å². The van der Waals surface area contributed by atoms with E-state index in [0.29, 0.717) is 26.4 Å². The third kappa shape index (κ3) is 22.8. The lowest BCUT2D eigenvalue weighted by molar-refractivity contribution is 0.288. The molecule has 0 aliphatic heterocycles. The molecule has 0 saturated carbocycles. The number of hydrogen-bond donors (Lipinski definition) is 1. The van der Waals surface area contributed by atoms with Gasteiger partial charge in [0.25, 0.3) is 0 Å². The van der Waals surface area contributed by atoms with E-state index >= 15 is 0 Å². The molecule has 0 atom stereocenters. The van der Waals surface area contributed by atoms with Crippen LogP contribution in [0.15, 0.2) is 60.7 Å². The molecule has 0 unspecified atom stereocenters. The zero-order chi connectivity index (χ0) is 55.1. The maximum absolute atomic E-state index is 6.54. The van der Waals surface area contributed by atoms with E-state index in [4.69, 9.17) is 18.9 Å². The minimum absolute atomic E-state index is 0.652. The lowest BCUT2D eigenvalue weighted by Gasteiger charge is -2.13. The number of fused-ring (bicyclic) bond motifs is 3. The molecule has 0 aliphatic carbocycles. The van der Waals surface area contributed by atoms with E-state index < -0.39 is 16.1 Å². The molecule has 414 valence electrons.